The van der Waals surface area contributed by atoms with Crippen LogP contribution in [0.4, 0.5) is 0 Å². The Morgan fingerprint density at radius 3 is 2.64 bits per heavy atom. The van der Waals surface area contributed by atoms with E-state index in [-0.39, 0.29) is 37.3 Å². The number of amides is 3. The van der Waals surface area contributed by atoms with Crippen molar-refractivity contribution in [2.45, 2.75) is 88.7 Å². The number of carbonyl (C=O) groups excluding carboxylic acids is 4. The highest BCUT2D eigenvalue weighted by Gasteiger charge is 2.75. The zero-order chi connectivity index (χ0) is 31.9. The Balaban J connectivity index is 1.62. The first-order valence-corrected chi connectivity index (χ1v) is 15.9. The third-order valence-electron chi connectivity index (χ3n) is 9.17. The molecule has 3 fully saturated rings. The second-order valence-electron chi connectivity index (χ2n) is 12.1. The Labute approximate surface area is 260 Å². The van der Waals surface area contributed by atoms with Crippen LogP contribution in [-0.2, 0) is 28.7 Å². The van der Waals surface area contributed by atoms with Crippen molar-refractivity contribution in [3.05, 3.63) is 61.2 Å². The maximum atomic E-state index is 14.3. The van der Waals surface area contributed by atoms with Gasteiger partial charge in [0, 0.05) is 19.5 Å². The summed E-state index contributed by atoms with van der Waals surface area (Å²) in [4.78, 5) is 57.9. The molecule has 3 saturated heterocycles. The van der Waals surface area contributed by atoms with Crippen molar-refractivity contribution >= 4 is 23.7 Å². The van der Waals surface area contributed by atoms with E-state index in [0.717, 1.165) is 19.3 Å². The molecular formula is C34H47N3O7. The highest BCUT2D eigenvalue weighted by Crippen LogP contribution is 2.59. The van der Waals surface area contributed by atoms with E-state index in [1.165, 1.54) is 4.90 Å². The zero-order valence-electron chi connectivity index (χ0n) is 26.0. The van der Waals surface area contributed by atoms with E-state index < -0.39 is 47.7 Å². The third-order valence-corrected chi connectivity index (χ3v) is 9.17. The summed E-state index contributed by atoms with van der Waals surface area (Å²) in [5.41, 5.74) is -0.491. The molecular weight excluding hydrogens is 562 g/mol. The van der Waals surface area contributed by atoms with Crippen LogP contribution in [-0.4, -0.2) is 88.6 Å². The minimum absolute atomic E-state index is 0.0663. The van der Waals surface area contributed by atoms with Gasteiger partial charge in [-0.1, -0.05) is 62.2 Å². The molecule has 2 bridgehead atoms. The van der Waals surface area contributed by atoms with Gasteiger partial charge in [-0.15, -0.1) is 13.2 Å². The first-order valence-electron chi connectivity index (χ1n) is 15.9. The molecule has 1 spiro atoms. The number of hydrogen-bond donors (Lipinski definition) is 2. The molecule has 4 rings (SSSR count). The topological polar surface area (TPSA) is 125 Å². The lowest BCUT2D eigenvalue weighted by atomic mass is 9.70. The van der Waals surface area contributed by atoms with E-state index in [2.05, 4.69) is 25.4 Å². The first-order chi connectivity index (χ1) is 21.2. The maximum Gasteiger partial charge on any atom is 0.313 e. The molecule has 240 valence electrons. The van der Waals surface area contributed by atoms with Crippen molar-refractivity contribution in [1.29, 1.82) is 0 Å². The molecule has 10 nitrogen and oxygen atoms in total. The van der Waals surface area contributed by atoms with Crippen LogP contribution in [0.3, 0.4) is 0 Å². The van der Waals surface area contributed by atoms with Crippen molar-refractivity contribution in [2.24, 2.45) is 11.8 Å². The van der Waals surface area contributed by atoms with E-state index in [0.29, 0.717) is 37.9 Å². The van der Waals surface area contributed by atoms with E-state index in [1.807, 2.05) is 30.3 Å². The molecule has 3 heterocycles. The number of hydrogen-bond acceptors (Lipinski definition) is 7. The van der Waals surface area contributed by atoms with Gasteiger partial charge in [-0.05, 0) is 38.2 Å². The minimum atomic E-state index is -1.20. The highest BCUT2D eigenvalue weighted by atomic mass is 16.6. The molecule has 3 amide bonds. The summed E-state index contributed by atoms with van der Waals surface area (Å²) in [6.45, 7) is 11.8. The Kier molecular flexibility index (Phi) is 11.4. The SMILES string of the molecule is C=CCCC(=O)NC[C@@H](OC(=O)[C@@H]1[C@@H]2CC[C@]3(O2)[C@H](C(=O)N(CC=C)CCCCC)N([C@H](C)CO)C(=O)[C@@H]13)c1ccccc1. The molecule has 0 unspecified atom stereocenters. The van der Waals surface area contributed by atoms with E-state index in [4.69, 9.17) is 9.47 Å². The van der Waals surface area contributed by atoms with Gasteiger partial charge in [0.05, 0.1) is 37.1 Å². The van der Waals surface area contributed by atoms with E-state index >= 15 is 0 Å². The van der Waals surface area contributed by atoms with Gasteiger partial charge in [0.15, 0.2) is 0 Å². The fourth-order valence-electron chi connectivity index (χ4n) is 7.02. The Morgan fingerprint density at radius 1 is 1.23 bits per heavy atom. The minimum Gasteiger partial charge on any atom is -0.455 e. The summed E-state index contributed by atoms with van der Waals surface area (Å²) >= 11 is 0. The molecule has 1 aromatic carbocycles. The van der Waals surface area contributed by atoms with Gasteiger partial charge in [-0.2, -0.15) is 0 Å². The summed E-state index contributed by atoms with van der Waals surface area (Å²) in [5, 5.41) is 13.0. The smallest absolute Gasteiger partial charge is 0.313 e. The van der Waals surface area contributed by atoms with E-state index in [9.17, 15) is 24.3 Å². The average molecular weight is 610 g/mol. The van der Waals surface area contributed by atoms with Crippen LogP contribution in [0.5, 0.6) is 0 Å². The van der Waals surface area contributed by atoms with Crippen LogP contribution in [0.25, 0.3) is 0 Å². The summed E-state index contributed by atoms with van der Waals surface area (Å²) in [5.74, 6) is -3.26. The molecule has 44 heavy (non-hydrogen) atoms. The van der Waals surface area contributed by atoms with Crippen LogP contribution < -0.4 is 5.32 Å². The van der Waals surface area contributed by atoms with Gasteiger partial charge < -0.3 is 29.7 Å². The van der Waals surface area contributed by atoms with Crippen molar-refractivity contribution in [3.63, 3.8) is 0 Å². The molecule has 0 aromatic heterocycles. The summed E-state index contributed by atoms with van der Waals surface area (Å²) in [6, 6.07) is 7.51. The molecule has 3 aliphatic rings. The Morgan fingerprint density at radius 2 is 1.98 bits per heavy atom. The number of rotatable bonds is 17. The maximum absolute atomic E-state index is 14.3. The number of esters is 1. The van der Waals surface area contributed by atoms with Gasteiger partial charge >= 0.3 is 5.97 Å². The Bertz CT molecular complexity index is 1210. The van der Waals surface area contributed by atoms with Crippen molar-refractivity contribution < 1.29 is 33.8 Å². The predicted molar refractivity (Wildman–Crippen MR) is 165 cm³/mol. The quantitative estimate of drug-likeness (QED) is 0.158. The number of ether oxygens (including phenoxy) is 2. The van der Waals surface area contributed by atoms with Crippen LogP contribution >= 0.6 is 0 Å². The Hall–Kier alpha value is -3.50. The van der Waals surface area contributed by atoms with Crippen molar-refractivity contribution in [2.75, 3.05) is 26.2 Å². The largest absolute Gasteiger partial charge is 0.455 e. The van der Waals surface area contributed by atoms with E-state index in [1.54, 1.807) is 24.0 Å². The second kappa shape index (κ2) is 15.0. The lowest BCUT2D eigenvalue weighted by molar-refractivity contribution is -0.161. The van der Waals surface area contributed by atoms with Crippen molar-refractivity contribution in [3.8, 4) is 0 Å². The predicted octanol–water partition coefficient (Wildman–Crippen LogP) is 3.31. The van der Waals surface area contributed by atoms with Gasteiger partial charge in [0.1, 0.15) is 17.7 Å². The van der Waals surface area contributed by atoms with Crippen LogP contribution in [0.15, 0.2) is 55.6 Å². The number of unbranched alkanes of at least 4 members (excludes halogenated alkanes) is 2. The average Bonchev–Trinajstić information content (AvgIpc) is 3.68. The van der Waals surface area contributed by atoms with Crippen LogP contribution in [0.2, 0.25) is 0 Å². The zero-order valence-corrected chi connectivity index (χ0v) is 26.0. The summed E-state index contributed by atoms with van der Waals surface area (Å²) in [6.07, 6.45) is 6.48. The number of aliphatic hydroxyl groups excluding tert-OH is 1. The number of allylic oxidation sites excluding steroid dienone is 1. The number of nitrogens with zero attached hydrogens (tertiary/aromatic N) is 2. The van der Waals surface area contributed by atoms with Crippen molar-refractivity contribution in [1.82, 2.24) is 15.1 Å². The first kappa shape index (κ1) is 33.4. The molecule has 0 radical (unpaired) electrons. The van der Waals surface area contributed by atoms with Gasteiger partial charge in [-0.3, -0.25) is 19.2 Å². The molecule has 10 heteroatoms. The summed E-state index contributed by atoms with van der Waals surface area (Å²) < 4.78 is 12.6. The highest BCUT2D eigenvalue weighted by molar-refractivity contribution is 5.98. The normalized spacial score (nSPS) is 26.5. The third kappa shape index (κ3) is 6.61. The van der Waals surface area contributed by atoms with Gasteiger partial charge in [-0.25, -0.2) is 0 Å². The number of nitrogens with one attached hydrogen (secondary N) is 1. The number of aliphatic hydroxyl groups is 1. The lowest BCUT2D eigenvalue weighted by Crippen LogP contribution is -2.58. The fourth-order valence-corrected chi connectivity index (χ4v) is 7.02. The standard InChI is InChI=1S/C34H47N3O7/c1-5-8-13-20-36(19-7-3)32(41)30-34-18-17-25(44-34)28(29(34)31(40)37(30)23(4)22-38)33(42)43-26(24-14-11-10-12-15-24)21-35-27(39)16-9-6-2/h6-7,10-12,14-15,23,25-26,28-30,38H,2-3,5,8-9,13,16-22H2,1,4H3,(H,35,39)/t23-,25+,26-,28-,29-,30+,34-/m1/s1. The molecule has 3 aliphatic heterocycles. The molecule has 0 saturated carbocycles. The van der Waals surface area contributed by atoms with Gasteiger partial charge in [0.2, 0.25) is 17.7 Å². The fraction of sp³-hybridized carbons (Fsp3) is 0.588. The monoisotopic (exact) mass is 609 g/mol. The number of carbonyl (C=O) groups is 4. The lowest BCUT2D eigenvalue weighted by Gasteiger charge is -2.38. The number of benzene rings is 1. The van der Waals surface area contributed by atoms with Gasteiger partial charge in [0.25, 0.3) is 0 Å². The summed E-state index contributed by atoms with van der Waals surface area (Å²) in [7, 11) is 0. The molecule has 0 aliphatic carbocycles. The molecule has 7 atom stereocenters. The molecule has 2 N–H and O–H groups in total. The second-order valence-corrected chi connectivity index (χ2v) is 12.1. The number of likely N-dealkylation sites (tertiary alicyclic amines) is 1. The van der Waals surface area contributed by atoms with Crippen LogP contribution in [0.1, 0.15) is 70.5 Å². The number of fused-ring (bicyclic) bond motifs is 1. The molecule has 1 aromatic rings. The van der Waals surface area contributed by atoms with Crippen LogP contribution in [0, 0.1) is 11.8 Å².